The number of carbonyl (C=O) groups is 1. The van der Waals surface area contributed by atoms with Gasteiger partial charge in [0, 0.05) is 31.5 Å². The Morgan fingerprint density at radius 1 is 1.10 bits per heavy atom. The molecule has 160 valence electrons. The van der Waals surface area contributed by atoms with E-state index < -0.39 is 0 Å². The molecule has 5 rings (SSSR count). The van der Waals surface area contributed by atoms with E-state index in [1.54, 1.807) is 0 Å². The summed E-state index contributed by atoms with van der Waals surface area (Å²) in [4.78, 5) is 19.5. The van der Waals surface area contributed by atoms with Gasteiger partial charge >= 0.3 is 6.03 Å². The molecule has 1 atom stereocenters. The molecule has 0 spiro atoms. The molecule has 2 aliphatic heterocycles. The molecule has 3 aliphatic rings. The molecule has 0 bridgehead atoms. The molecular formula is C22H29N5O3. The monoisotopic (exact) mass is 411 g/mol. The zero-order valence-electron chi connectivity index (χ0n) is 17.2. The number of H-pyrrole nitrogens is 1. The highest BCUT2D eigenvalue weighted by molar-refractivity contribution is 5.74. The first-order valence-corrected chi connectivity index (χ1v) is 11.1. The van der Waals surface area contributed by atoms with Crippen molar-refractivity contribution in [3.8, 4) is 11.5 Å². The third kappa shape index (κ3) is 4.08. The highest BCUT2D eigenvalue weighted by atomic mass is 16.7. The minimum atomic E-state index is -0.0413. The molecule has 1 saturated heterocycles. The summed E-state index contributed by atoms with van der Waals surface area (Å²) in [6.45, 7) is 2.14. The van der Waals surface area contributed by atoms with Crippen LogP contribution in [0.5, 0.6) is 11.5 Å². The number of rotatable bonds is 4. The number of aromatic nitrogens is 3. The number of ether oxygens (including phenoxy) is 2. The maximum absolute atomic E-state index is 12.7. The summed E-state index contributed by atoms with van der Waals surface area (Å²) in [5.74, 6) is 4.10. The van der Waals surface area contributed by atoms with Crippen molar-refractivity contribution >= 4 is 6.03 Å². The summed E-state index contributed by atoms with van der Waals surface area (Å²) in [5, 5.41) is 10.7. The minimum Gasteiger partial charge on any atom is -0.454 e. The number of piperidine rings is 1. The number of urea groups is 1. The second-order valence-corrected chi connectivity index (χ2v) is 8.55. The number of fused-ring (bicyclic) bond motifs is 1. The van der Waals surface area contributed by atoms with E-state index in [1.165, 1.54) is 32.1 Å². The Balaban J connectivity index is 1.17. The van der Waals surface area contributed by atoms with Gasteiger partial charge in [0.15, 0.2) is 17.3 Å². The van der Waals surface area contributed by atoms with Crippen LogP contribution >= 0.6 is 0 Å². The number of amides is 2. The van der Waals surface area contributed by atoms with Crippen LogP contribution in [0.2, 0.25) is 0 Å². The Morgan fingerprint density at radius 2 is 1.93 bits per heavy atom. The Bertz CT molecular complexity index is 893. The van der Waals surface area contributed by atoms with Crippen LogP contribution < -0.4 is 14.8 Å². The zero-order chi connectivity index (χ0) is 20.3. The van der Waals surface area contributed by atoms with Crippen LogP contribution in [-0.4, -0.2) is 46.0 Å². The average Bonchev–Trinajstić information content (AvgIpc) is 3.47. The van der Waals surface area contributed by atoms with Crippen molar-refractivity contribution in [3.63, 3.8) is 0 Å². The van der Waals surface area contributed by atoms with Crippen molar-refractivity contribution in [2.45, 2.75) is 63.3 Å². The van der Waals surface area contributed by atoms with Gasteiger partial charge in [0.05, 0.1) is 0 Å². The Kier molecular flexibility index (Phi) is 5.46. The molecule has 2 amide bonds. The molecule has 1 aromatic carbocycles. The topological polar surface area (TPSA) is 92.4 Å². The van der Waals surface area contributed by atoms with Gasteiger partial charge in [0.2, 0.25) is 6.79 Å². The molecular weight excluding hydrogens is 382 g/mol. The van der Waals surface area contributed by atoms with E-state index in [4.69, 9.17) is 14.5 Å². The number of hydrogen-bond donors (Lipinski definition) is 2. The molecule has 8 heteroatoms. The lowest BCUT2D eigenvalue weighted by Crippen LogP contribution is -2.44. The number of aromatic amines is 1. The highest BCUT2D eigenvalue weighted by Gasteiger charge is 2.28. The van der Waals surface area contributed by atoms with E-state index in [0.29, 0.717) is 19.0 Å². The quantitative estimate of drug-likeness (QED) is 0.801. The van der Waals surface area contributed by atoms with E-state index in [2.05, 4.69) is 15.5 Å². The predicted molar refractivity (Wildman–Crippen MR) is 111 cm³/mol. The highest BCUT2D eigenvalue weighted by Crippen LogP contribution is 2.33. The van der Waals surface area contributed by atoms with Crippen molar-refractivity contribution in [3.05, 3.63) is 35.4 Å². The molecule has 2 fully saturated rings. The van der Waals surface area contributed by atoms with Crippen LogP contribution in [0.1, 0.15) is 74.0 Å². The van der Waals surface area contributed by atoms with Gasteiger partial charge in [-0.05, 0) is 43.4 Å². The molecule has 8 nitrogen and oxygen atoms in total. The van der Waals surface area contributed by atoms with Gasteiger partial charge in [-0.25, -0.2) is 9.78 Å². The lowest BCUT2D eigenvalue weighted by Gasteiger charge is -2.31. The molecule has 2 N–H and O–H groups in total. The van der Waals surface area contributed by atoms with E-state index in [0.717, 1.165) is 48.1 Å². The first-order chi connectivity index (χ1) is 14.8. The summed E-state index contributed by atoms with van der Waals surface area (Å²) >= 11 is 0. The van der Waals surface area contributed by atoms with Gasteiger partial charge in [-0.3, -0.25) is 5.10 Å². The largest absolute Gasteiger partial charge is 0.454 e. The summed E-state index contributed by atoms with van der Waals surface area (Å²) in [7, 11) is 0. The van der Waals surface area contributed by atoms with Gasteiger partial charge in [-0.15, -0.1) is 0 Å². The number of hydrogen-bond acceptors (Lipinski definition) is 5. The summed E-state index contributed by atoms with van der Waals surface area (Å²) in [5.41, 5.74) is 0.993. The van der Waals surface area contributed by atoms with Gasteiger partial charge < -0.3 is 19.7 Å². The SMILES string of the molecule is O=C(NCc1ccc2c(c1)OCO2)N1CCC[C@H](c2n[nH]c(C3CCCCC3)n2)C1. The van der Waals surface area contributed by atoms with E-state index in [-0.39, 0.29) is 18.7 Å². The fourth-order valence-electron chi connectivity index (χ4n) is 4.74. The fraction of sp³-hybridized carbons (Fsp3) is 0.591. The van der Waals surface area contributed by atoms with E-state index >= 15 is 0 Å². The lowest BCUT2D eigenvalue weighted by molar-refractivity contribution is 0.173. The molecule has 1 aliphatic carbocycles. The maximum atomic E-state index is 12.7. The smallest absolute Gasteiger partial charge is 0.317 e. The van der Waals surface area contributed by atoms with Crippen molar-refractivity contribution in [2.75, 3.05) is 19.9 Å². The lowest BCUT2D eigenvalue weighted by atomic mass is 9.89. The van der Waals surface area contributed by atoms with Gasteiger partial charge in [-0.2, -0.15) is 5.10 Å². The standard InChI is InChI=1S/C22H29N5O3/c28-22(23-12-15-8-9-18-19(11-15)30-14-29-18)27-10-4-7-17(13-27)21-24-20(25-26-21)16-5-2-1-3-6-16/h8-9,11,16-17H,1-7,10,12-14H2,(H,23,28)(H,24,25,26)/t17-/m0/s1. The zero-order valence-corrected chi connectivity index (χ0v) is 17.2. The number of nitrogens with one attached hydrogen (secondary N) is 2. The van der Waals surface area contributed by atoms with Crippen LogP contribution in [0, 0.1) is 0 Å². The number of likely N-dealkylation sites (tertiary alicyclic amines) is 1. The van der Waals surface area contributed by atoms with Crippen LogP contribution in [0.3, 0.4) is 0 Å². The Labute approximate surface area is 176 Å². The molecule has 3 heterocycles. The second kappa shape index (κ2) is 8.53. The van der Waals surface area contributed by atoms with Crippen LogP contribution in [0.15, 0.2) is 18.2 Å². The van der Waals surface area contributed by atoms with Crippen molar-refractivity contribution < 1.29 is 14.3 Å². The first-order valence-electron chi connectivity index (χ1n) is 11.1. The summed E-state index contributed by atoms with van der Waals surface area (Å²) < 4.78 is 10.7. The second-order valence-electron chi connectivity index (χ2n) is 8.55. The molecule has 1 saturated carbocycles. The third-order valence-corrected chi connectivity index (χ3v) is 6.47. The van der Waals surface area contributed by atoms with E-state index in [1.807, 2.05) is 23.1 Å². The Morgan fingerprint density at radius 3 is 2.83 bits per heavy atom. The first kappa shape index (κ1) is 19.2. The minimum absolute atomic E-state index is 0.0413. The van der Waals surface area contributed by atoms with Gasteiger partial charge in [-0.1, -0.05) is 25.3 Å². The number of benzene rings is 1. The maximum Gasteiger partial charge on any atom is 0.317 e. The van der Waals surface area contributed by atoms with Crippen LogP contribution in [-0.2, 0) is 6.54 Å². The van der Waals surface area contributed by atoms with Crippen molar-refractivity contribution in [1.82, 2.24) is 25.4 Å². The number of nitrogens with zero attached hydrogens (tertiary/aromatic N) is 3. The van der Waals surface area contributed by atoms with Crippen LogP contribution in [0.25, 0.3) is 0 Å². The summed E-state index contributed by atoms with van der Waals surface area (Å²) in [6, 6.07) is 5.71. The molecule has 2 aromatic rings. The van der Waals surface area contributed by atoms with Crippen molar-refractivity contribution in [2.24, 2.45) is 0 Å². The Hall–Kier alpha value is -2.77. The van der Waals surface area contributed by atoms with Crippen molar-refractivity contribution in [1.29, 1.82) is 0 Å². The van der Waals surface area contributed by atoms with E-state index in [9.17, 15) is 4.79 Å². The molecule has 1 aromatic heterocycles. The number of carbonyl (C=O) groups excluding carboxylic acids is 1. The van der Waals surface area contributed by atoms with Gasteiger partial charge in [0.25, 0.3) is 0 Å². The predicted octanol–water partition coefficient (Wildman–Crippen LogP) is 3.67. The summed E-state index contributed by atoms with van der Waals surface area (Å²) in [6.07, 6.45) is 8.28. The average molecular weight is 412 g/mol. The normalized spacial score (nSPS) is 21.6. The molecule has 0 unspecified atom stereocenters. The fourth-order valence-corrected chi connectivity index (χ4v) is 4.74. The molecule has 0 radical (unpaired) electrons. The molecule has 30 heavy (non-hydrogen) atoms. The third-order valence-electron chi connectivity index (χ3n) is 6.47. The van der Waals surface area contributed by atoms with Gasteiger partial charge in [0.1, 0.15) is 5.82 Å². The van der Waals surface area contributed by atoms with Crippen LogP contribution in [0.4, 0.5) is 4.79 Å².